The van der Waals surface area contributed by atoms with Crippen LogP contribution >= 0.6 is 0 Å². The minimum atomic E-state index is -0.0362. The lowest BCUT2D eigenvalue weighted by Gasteiger charge is -2.10. The highest BCUT2D eigenvalue weighted by Crippen LogP contribution is 2.23. The van der Waals surface area contributed by atoms with E-state index in [0.717, 1.165) is 22.2 Å². The van der Waals surface area contributed by atoms with Crippen LogP contribution in [-0.4, -0.2) is 19.1 Å². The Morgan fingerprint density at radius 2 is 2.05 bits per heavy atom. The maximum atomic E-state index is 12.4. The first-order valence-electron chi connectivity index (χ1n) is 6.93. The average Bonchev–Trinajstić information content (AvgIpc) is 3.04. The number of nitrogens with zero attached hydrogens (tertiary/aromatic N) is 2. The van der Waals surface area contributed by atoms with E-state index in [1.165, 1.54) is 0 Å². The summed E-state index contributed by atoms with van der Waals surface area (Å²) in [7, 11) is 1.62. The van der Waals surface area contributed by atoms with E-state index in [-0.39, 0.29) is 5.78 Å². The van der Waals surface area contributed by atoms with Gasteiger partial charge < -0.3 is 4.74 Å². The number of hydrogen-bond acceptors (Lipinski definition) is 4. The third-order valence-electron chi connectivity index (χ3n) is 3.78. The highest BCUT2D eigenvalue weighted by atomic mass is 16.5. The number of carbonyl (C=O) groups is 1. The minimum absolute atomic E-state index is 0.0362. The molecule has 4 rings (SSSR count). The van der Waals surface area contributed by atoms with Crippen LogP contribution in [0.3, 0.4) is 0 Å². The summed E-state index contributed by atoms with van der Waals surface area (Å²) in [5, 5.41) is 1.60. The largest absolute Gasteiger partial charge is 0.497 e. The molecule has 22 heavy (non-hydrogen) atoms. The van der Waals surface area contributed by atoms with Crippen molar-refractivity contribution in [3.05, 3.63) is 64.2 Å². The van der Waals surface area contributed by atoms with Crippen molar-refractivity contribution in [3.63, 3.8) is 0 Å². The van der Waals surface area contributed by atoms with Crippen LogP contribution in [0, 0.1) is 0 Å². The lowest BCUT2D eigenvalue weighted by Crippen LogP contribution is -2.32. The van der Waals surface area contributed by atoms with Crippen molar-refractivity contribution < 1.29 is 9.53 Å². The Morgan fingerprint density at radius 1 is 1.14 bits per heavy atom. The Kier molecular flexibility index (Phi) is 2.76. The fourth-order valence-corrected chi connectivity index (χ4v) is 2.67. The zero-order valence-electron chi connectivity index (χ0n) is 11.9. The quantitative estimate of drug-likeness (QED) is 0.849. The number of benzene rings is 2. The number of fused-ring (bicyclic) bond motifs is 3. The molecule has 4 heteroatoms. The second-order valence-electron chi connectivity index (χ2n) is 5.08. The van der Waals surface area contributed by atoms with Gasteiger partial charge in [-0.25, -0.2) is 4.99 Å². The summed E-state index contributed by atoms with van der Waals surface area (Å²) in [6.07, 6.45) is 5.19. The van der Waals surface area contributed by atoms with Gasteiger partial charge >= 0.3 is 0 Å². The Morgan fingerprint density at radius 3 is 2.91 bits per heavy atom. The molecule has 0 aliphatic carbocycles. The van der Waals surface area contributed by atoms with E-state index in [1.807, 2.05) is 36.4 Å². The number of rotatable bonds is 2. The normalized spacial score (nSPS) is 14.6. The maximum Gasteiger partial charge on any atom is 0.190 e. The summed E-state index contributed by atoms with van der Waals surface area (Å²) in [5.41, 5.74) is 2.97. The van der Waals surface area contributed by atoms with Crippen molar-refractivity contribution in [1.82, 2.24) is 0 Å². The molecule has 0 radical (unpaired) electrons. The molecule has 0 N–H and O–H groups in total. The van der Waals surface area contributed by atoms with Crippen LogP contribution < -0.4 is 15.3 Å². The second-order valence-corrected chi connectivity index (χ2v) is 5.08. The van der Waals surface area contributed by atoms with E-state index in [4.69, 9.17) is 4.74 Å². The van der Waals surface area contributed by atoms with Crippen molar-refractivity contribution in [2.24, 2.45) is 9.98 Å². The summed E-state index contributed by atoms with van der Waals surface area (Å²) in [5.74, 6) is 0.700. The molecule has 4 nitrogen and oxygen atoms in total. The van der Waals surface area contributed by atoms with Gasteiger partial charge in [0.25, 0.3) is 0 Å². The molecule has 0 aromatic heterocycles. The van der Waals surface area contributed by atoms with Gasteiger partial charge in [-0.1, -0.05) is 12.1 Å². The van der Waals surface area contributed by atoms with Crippen LogP contribution in [0.1, 0.15) is 15.9 Å². The number of carbonyl (C=O) groups excluding carboxylic acids is 1. The summed E-state index contributed by atoms with van der Waals surface area (Å²) in [4.78, 5) is 21.4. The van der Waals surface area contributed by atoms with E-state index in [0.29, 0.717) is 16.6 Å². The van der Waals surface area contributed by atoms with Crippen molar-refractivity contribution in [3.8, 4) is 5.75 Å². The van der Waals surface area contributed by atoms with Crippen LogP contribution in [0.15, 0.2) is 52.5 Å². The molecule has 2 heterocycles. The van der Waals surface area contributed by atoms with Crippen LogP contribution in [-0.2, 0) is 0 Å². The third kappa shape index (κ3) is 1.89. The topological polar surface area (TPSA) is 51.0 Å². The van der Waals surface area contributed by atoms with Crippen molar-refractivity contribution >= 4 is 29.5 Å². The Hall–Kier alpha value is -3.01. The van der Waals surface area contributed by atoms with Gasteiger partial charge in [0, 0.05) is 28.6 Å². The Bertz CT molecular complexity index is 985. The molecule has 0 atom stereocenters. The van der Waals surface area contributed by atoms with Gasteiger partial charge in [-0.3, -0.25) is 9.79 Å². The zero-order chi connectivity index (χ0) is 15.1. The zero-order valence-corrected chi connectivity index (χ0v) is 11.9. The summed E-state index contributed by atoms with van der Waals surface area (Å²) in [6.45, 7) is 0. The Balaban J connectivity index is 1.95. The third-order valence-corrected chi connectivity index (χ3v) is 3.78. The number of ether oxygens (including phenoxy) is 1. The monoisotopic (exact) mass is 288 g/mol. The smallest absolute Gasteiger partial charge is 0.190 e. The molecular weight excluding hydrogens is 276 g/mol. The van der Waals surface area contributed by atoms with E-state index in [1.54, 1.807) is 25.5 Å². The number of aliphatic imine (C=N–C) groups is 1. The maximum absolute atomic E-state index is 12.4. The lowest BCUT2D eigenvalue weighted by molar-refractivity contribution is 0.104. The van der Waals surface area contributed by atoms with Gasteiger partial charge in [0.2, 0.25) is 0 Å². The molecule has 0 bridgehead atoms. The highest BCUT2D eigenvalue weighted by Gasteiger charge is 2.17. The number of ketones is 1. The van der Waals surface area contributed by atoms with Crippen LogP contribution in [0.2, 0.25) is 0 Å². The van der Waals surface area contributed by atoms with Gasteiger partial charge in [-0.2, -0.15) is 0 Å². The van der Waals surface area contributed by atoms with Crippen LogP contribution in [0.4, 0.5) is 5.69 Å². The van der Waals surface area contributed by atoms with Gasteiger partial charge in [-0.05, 0) is 30.3 Å². The molecule has 0 spiro atoms. The lowest BCUT2D eigenvalue weighted by atomic mass is 10.0. The van der Waals surface area contributed by atoms with Crippen molar-refractivity contribution in [2.75, 3.05) is 7.11 Å². The van der Waals surface area contributed by atoms with E-state index in [2.05, 4.69) is 9.98 Å². The first-order valence-corrected chi connectivity index (χ1v) is 6.93. The number of hydrogen-bond donors (Lipinski definition) is 0. The molecule has 106 valence electrons. The molecule has 2 aliphatic heterocycles. The SMILES string of the molecule is COc1cccc(C2=CC(=O)c3ccc4c(c3=N2)=CC=N4)c1. The molecular formula is C18H12N2O2. The molecule has 2 aliphatic rings. The van der Waals surface area contributed by atoms with E-state index < -0.39 is 0 Å². The van der Waals surface area contributed by atoms with Gasteiger partial charge in [0.05, 0.1) is 23.9 Å². The van der Waals surface area contributed by atoms with E-state index >= 15 is 0 Å². The molecule has 0 unspecified atom stereocenters. The molecule has 0 saturated heterocycles. The van der Waals surface area contributed by atoms with E-state index in [9.17, 15) is 4.79 Å². The van der Waals surface area contributed by atoms with Crippen LogP contribution in [0.5, 0.6) is 5.75 Å². The van der Waals surface area contributed by atoms with Gasteiger partial charge in [-0.15, -0.1) is 0 Å². The summed E-state index contributed by atoms with van der Waals surface area (Å²) < 4.78 is 5.24. The molecule has 2 aromatic rings. The van der Waals surface area contributed by atoms with Gasteiger partial charge in [0.15, 0.2) is 5.78 Å². The standard InChI is InChI=1S/C18H12N2O2/c1-22-12-4-2-3-11(9-12)16-10-17(21)14-5-6-15-13(7-8-19-15)18(14)20-16/h2-10H,1H3. The Labute approximate surface area is 126 Å². The summed E-state index contributed by atoms with van der Waals surface area (Å²) >= 11 is 0. The minimum Gasteiger partial charge on any atom is -0.497 e. The molecule has 2 aromatic carbocycles. The molecule has 0 saturated carbocycles. The first kappa shape index (κ1) is 12.7. The van der Waals surface area contributed by atoms with Crippen molar-refractivity contribution in [1.29, 1.82) is 0 Å². The fourth-order valence-electron chi connectivity index (χ4n) is 2.67. The van der Waals surface area contributed by atoms with Crippen molar-refractivity contribution in [2.45, 2.75) is 0 Å². The number of methoxy groups -OCH3 is 1. The fraction of sp³-hybridized carbons (Fsp3) is 0.0556. The predicted molar refractivity (Wildman–Crippen MR) is 85.1 cm³/mol. The predicted octanol–water partition coefficient (Wildman–Crippen LogP) is 2.05. The summed E-state index contributed by atoms with van der Waals surface area (Å²) in [6, 6.07) is 11.2. The highest BCUT2D eigenvalue weighted by molar-refractivity contribution is 6.10. The molecule has 0 fully saturated rings. The average molecular weight is 288 g/mol. The first-order chi connectivity index (χ1) is 10.8. The van der Waals surface area contributed by atoms with Gasteiger partial charge in [0.1, 0.15) is 5.75 Å². The molecule has 0 amide bonds. The number of allylic oxidation sites excluding steroid dienone is 1. The second kappa shape index (κ2) is 4.77. The van der Waals surface area contributed by atoms with Crippen LogP contribution in [0.25, 0.3) is 11.8 Å².